The molecule has 2 N–H and O–H groups in total. The van der Waals surface area contributed by atoms with E-state index in [0.29, 0.717) is 18.0 Å². The van der Waals surface area contributed by atoms with Gasteiger partial charge in [-0.2, -0.15) is 5.10 Å². The average molecular weight is 355 g/mol. The summed E-state index contributed by atoms with van der Waals surface area (Å²) in [7, 11) is 0. The van der Waals surface area contributed by atoms with E-state index in [1.165, 1.54) is 6.42 Å². The lowest BCUT2D eigenvalue weighted by molar-refractivity contribution is -0.120. The number of hydrogen-bond donors (Lipinski definition) is 2. The molecular weight excluding hydrogens is 326 g/mol. The van der Waals surface area contributed by atoms with E-state index in [-0.39, 0.29) is 29.1 Å². The zero-order valence-electron chi connectivity index (χ0n) is 16.2. The fourth-order valence-electron chi connectivity index (χ4n) is 4.50. The molecule has 26 heavy (non-hydrogen) atoms. The van der Waals surface area contributed by atoms with Crippen LogP contribution in [-0.4, -0.2) is 24.1 Å². The third-order valence-electron chi connectivity index (χ3n) is 6.86. The van der Waals surface area contributed by atoms with Gasteiger partial charge in [0.25, 0.3) is 5.91 Å². The maximum atomic E-state index is 12.1. The Morgan fingerprint density at radius 2 is 1.96 bits per heavy atom. The van der Waals surface area contributed by atoms with Crippen LogP contribution in [0.1, 0.15) is 62.4 Å². The summed E-state index contributed by atoms with van der Waals surface area (Å²) in [5.74, 6) is 0.355. The molecule has 1 aromatic rings. The molecule has 2 amide bonds. The summed E-state index contributed by atoms with van der Waals surface area (Å²) in [6.07, 6.45) is 3.60. The van der Waals surface area contributed by atoms with Gasteiger partial charge in [0, 0.05) is 29.7 Å². The maximum absolute atomic E-state index is 12.1. The van der Waals surface area contributed by atoms with Gasteiger partial charge < -0.3 is 5.32 Å². The van der Waals surface area contributed by atoms with Crippen molar-refractivity contribution in [3.8, 4) is 0 Å². The lowest BCUT2D eigenvalue weighted by Gasteiger charge is -2.34. The van der Waals surface area contributed by atoms with Crippen molar-refractivity contribution in [1.29, 1.82) is 0 Å². The maximum Gasteiger partial charge on any atom is 0.251 e. The molecule has 2 fully saturated rings. The van der Waals surface area contributed by atoms with Crippen LogP contribution in [0.3, 0.4) is 0 Å². The molecule has 3 rings (SSSR count). The number of rotatable bonds is 5. The molecular formula is C21H29N3O2. The van der Waals surface area contributed by atoms with Crippen molar-refractivity contribution in [1.82, 2.24) is 10.7 Å². The molecule has 5 heteroatoms. The summed E-state index contributed by atoms with van der Waals surface area (Å²) in [5.41, 5.74) is 5.72. The fourth-order valence-corrected chi connectivity index (χ4v) is 4.50. The molecule has 0 unspecified atom stereocenters. The van der Waals surface area contributed by atoms with Gasteiger partial charge in [0.15, 0.2) is 0 Å². The van der Waals surface area contributed by atoms with E-state index < -0.39 is 0 Å². The molecule has 2 atom stereocenters. The third kappa shape index (κ3) is 3.15. The van der Waals surface area contributed by atoms with Crippen LogP contribution in [0.15, 0.2) is 29.4 Å². The number of benzene rings is 1. The van der Waals surface area contributed by atoms with Crippen molar-refractivity contribution in [2.45, 2.75) is 53.4 Å². The van der Waals surface area contributed by atoms with Crippen molar-refractivity contribution in [3.63, 3.8) is 0 Å². The predicted molar refractivity (Wildman–Crippen MR) is 103 cm³/mol. The van der Waals surface area contributed by atoms with Crippen molar-refractivity contribution < 1.29 is 9.59 Å². The van der Waals surface area contributed by atoms with E-state index in [9.17, 15) is 9.59 Å². The monoisotopic (exact) mass is 355 g/mol. The number of hydrogen-bond acceptors (Lipinski definition) is 3. The molecule has 2 bridgehead atoms. The number of hydrazone groups is 1. The lowest BCUT2D eigenvalue weighted by atomic mass is 9.70. The minimum atomic E-state index is -0.160. The van der Waals surface area contributed by atoms with Gasteiger partial charge in [-0.1, -0.05) is 39.0 Å². The molecule has 0 heterocycles. The molecule has 140 valence electrons. The number of carbonyl (C=O) groups is 2. The summed E-state index contributed by atoms with van der Waals surface area (Å²) in [4.78, 5) is 24.2. The Bertz CT molecular complexity index is 753. The Balaban J connectivity index is 1.48. The highest BCUT2D eigenvalue weighted by Gasteiger charge is 2.59. The standard InChI is InChI=1S/C21H29N3O2/c1-14-7-5-6-8-16(14)19(26)22-12-10-18(25)24-23-17-13-15-9-11-21(17,4)20(15,2)3/h5-8,15H,9-13H2,1-4H3,(H,22,26)(H,24,25)/b23-17-/t15-,21+/m1/s1. The topological polar surface area (TPSA) is 70.6 Å². The van der Waals surface area contributed by atoms with Crippen molar-refractivity contribution in [2.24, 2.45) is 21.8 Å². The number of nitrogens with one attached hydrogen (secondary N) is 2. The fraction of sp³-hybridized carbons (Fsp3) is 0.571. The van der Waals surface area contributed by atoms with Gasteiger partial charge in [-0.15, -0.1) is 0 Å². The molecule has 5 nitrogen and oxygen atoms in total. The highest BCUT2D eigenvalue weighted by atomic mass is 16.2. The van der Waals surface area contributed by atoms with Crippen LogP contribution < -0.4 is 10.7 Å². The minimum Gasteiger partial charge on any atom is -0.352 e. The minimum absolute atomic E-state index is 0.0873. The summed E-state index contributed by atoms with van der Waals surface area (Å²) in [6, 6.07) is 7.42. The predicted octanol–water partition coefficient (Wildman–Crippen LogP) is 3.43. The summed E-state index contributed by atoms with van der Waals surface area (Å²) in [6.45, 7) is 9.10. The van der Waals surface area contributed by atoms with Crippen LogP contribution in [0, 0.1) is 23.7 Å². The van der Waals surface area contributed by atoms with Crippen LogP contribution in [0.2, 0.25) is 0 Å². The van der Waals surface area contributed by atoms with Crippen LogP contribution in [-0.2, 0) is 4.79 Å². The van der Waals surface area contributed by atoms with Gasteiger partial charge in [0.1, 0.15) is 0 Å². The number of carbonyl (C=O) groups excluding carboxylic acids is 2. The Morgan fingerprint density at radius 1 is 1.23 bits per heavy atom. The second kappa shape index (κ2) is 6.86. The van der Waals surface area contributed by atoms with Gasteiger partial charge in [-0.25, -0.2) is 5.43 Å². The largest absolute Gasteiger partial charge is 0.352 e. The summed E-state index contributed by atoms with van der Waals surface area (Å²) < 4.78 is 0. The Morgan fingerprint density at radius 3 is 2.58 bits per heavy atom. The summed E-state index contributed by atoms with van der Waals surface area (Å²) in [5, 5.41) is 7.25. The van der Waals surface area contributed by atoms with Gasteiger partial charge in [-0.05, 0) is 49.1 Å². The van der Waals surface area contributed by atoms with Crippen LogP contribution >= 0.6 is 0 Å². The quantitative estimate of drug-likeness (QED) is 0.794. The second-order valence-corrected chi connectivity index (χ2v) is 8.41. The molecule has 0 saturated heterocycles. The van der Waals surface area contributed by atoms with E-state index in [2.05, 4.69) is 36.6 Å². The highest BCUT2D eigenvalue weighted by Crippen LogP contribution is 2.63. The molecule has 2 saturated carbocycles. The van der Waals surface area contributed by atoms with Crippen molar-refractivity contribution in [3.05, 3.63) is 35.4 Å². The number of amides is 2. The van der Waals surface area contributed by atoms with Gasteiger partial charge in [-0.3, -0.25) is 9.59 Å². The summed E-state index contributed by atoms with van der Waals surface area (Å²) >= 11 is 0. The van der Waals surface area contributed by atoms with Crippen LogP contribution in [0.5, 0.6) is 0 Å². The molecule has 0 aliphatic heterocycles. The Labute approximate surface area is 155 Å². The van der Waals surface area contributed by atoms with Crippen molar-refractivity contribution >= 4 is 17.5 Å². The van der Waals surface area contributed by atoms with Gasteiger partial charge in [0.05, 0.1) is 0 Å². The molecule has 2 aliphatic carbocycles. The van der Waals surface area contributed by atoms with E-state index in [0.717, 1.165) is 24.1 Å². The van der Waals surface area contributed by atoms with Gasteiger partial charge in [0.2, 0.25) is 5.91 Å². The number of nitrogens with zero attached hydrogens (tertiary/aromatic N) is 1. The SMILES string of the molecule is Cc1ccccc1C(=O)NCCC(=O)N/N=C1/C[C@H]2CC[C@]1(C)C2(C)C. The normalized spacial score (nSPS) is 27.5. The molecule has 2 aliphatic rings. The molecule has 0 spiro atoms. The number of aryl methyl sites for hydroxylation is 1. The zero-order valence-corrected chi connectivity index (χ0v) is 16.2. The first-order valence-electron chi connectivity index (χ1n) is 9.45. The average Bonchev–Trinajstić information content (AvgIpc) is 2.93. The highest BCUT2D eigenvalue weighted by molar-refractivity contribution is 5.96. The van der Waals surface area contributed by atoms with E-state index in [1.807, 2.05) is 25.1 Å². The smallest absolute Gasteiger partial charge is 0.251 e. The third-order valence-corrected chi connectivity index (χ3v) is 6.86. The van der Waals surface area contributed by atoms with Crippen LogP contribution in [0.4, 0.5) is 0 Å². The van der Waals surface area contributed by atoms with Crippen LogP contribution in [0.25, 0.3) is 0 Å². The molecule has 1 aromatic carbocycles. The second-order valence-electron chi connectivity index (χ2n) is 8.41. The number of fused-ring (bicyclic) bond motifs is 2. The first kappa shape index (κ1) is 18.6. The zero-order chi connectivity index (χ0) is 18.9. The van der Waals surface area contributed by atoms with E-state index >= 15 is 0 Å². The Kier molecular flexibility index (Phi) is 4.91. The van der Waals surface area contributed by atoms with Crippen molar-refractivity contribution in [2.75, 3.05) is 6.54 Å². The van der Waals surface area contributed by atoms with Gasteiger partial charge >= 0.3 is 0 Å². The molecule has 0 radical (unpaired) electrons. The van der Waals surface area contributed by atoms with E-state index in [1.54, 1.807) is 6.07 Å². The lowest BCUT2D eigenvalue weighted by Crippen LogP contribution is -2.34. The molecule has 0 aromatic heterocycles. The first-order chi connectivity index (χ1) is 12.3. The Hall–Kier alpha value is -2.17. The van der Waals surface area contributed by atoms with E-state index in [4.69, 9.17) is 0 Å². The first-order valence-corrected chi connectivity index (χ1v) is 9.45.